The van der Waals surface area contributed by atoms with Crippen molar-refractivity contribution in [3.05, 3.63) is 57.6 Å². The van der Waals surface area contributed by atoms with Crippen LogP contribution in [0.3, 0.4) is 0 Å². The summed E-state index contributed by atoms with van der Waals surface area (Å²) in [6.45, 7) is 7.70. The lowest BCUT2D eigenvalue weighted by Crippen LogP contribution is -2.02. The molecule has 0 radical (unpaired) electrons. The summed E-state index contributed by atoms with van der Waals surface area (Å²) in [5.74, 6) is 0.925. The molecule has 0 aliphatic heterocycles. The first-order valence-electron chi connectivity index (χ1n) is 6.82. The van der Waals surface area contributed by atoms with E-state index in [1.807, 2.05) is 13.0 Å². The second-order valence-corrected chi connectivity index (χ2v) is 5.70. The molecule has 2 aromatic carbocycles. The van der Waals surface area contributed by atoms with E-state index in [-0.39, 0.29) is 0 Å². The zero-order valence-corrected chi connectivity index (χ0v) is 13.8. The second-order valence-electron chi connectivity index (χ2n) is 4.85. The Morgan fingerprint density at radius 1 is 1.05 bits per heavy atom. The summed E-state index contributed by atoms with van der Waals surface area (Å²) in [6.07, 6.45) is 0. The van der Waals surface area contributed by atoms with Crippen molar-refractivity contribution in [2.24, 2.45) is 0 Å². The first-order chi connectivity index (χ1) is 9.60. The standard InChI is InChI=1S/C17H20BrNO/c1-4-20-15-7-8-17(13(3)9-15)19-11-14-6-5-12(2)16(18)10-14/h5-10,19H,4,11H2,1-3H3. The molecule has 0 aliphatic carbocycles. The molecule has 3 heteroatoms. The smallest absolute Gasteiger partial charge is 0.119 e. The van der Waals surface area contributed by atoms with Crippen LogP contribution in [0.1, 0.15) is 23.6 Å². The Hall–Kier alpha value is -1.48. The summed E-state index contributed by atoms with van der Waals surface area (Å²) < 4.78 is 6.65. The zero-order valence-electron chi connectivity index (χ0n) is 12.2. The molecule has 0 atom stereocenters. The number of rotatable bonds is 5. The number of hydrogen-bond acceptors (Lipinski definition) is 2. The van der Waals surface area contributed by atoms with E-state index in [0.29, 0.717) is 6.61 Å². The molecule has 0 amide bonds. The van der Waals surface area contributed by atoms with Crippen molar-refractivity contribution in [3.63, 3.8) is 0 Å². The zero-order chi connectivity index (χ0) is 14.5. The number of halogens is 1. The van der Waals surface area contributed by atoms with Crippen molar-refractivity contribution < 1.29 is 4.74 Å². The normalized spacial score (nSPS) is 10.4. The molecule has 0 unspecified atom stereocenters. The number of benzene rings is 2. The van der Waals surface area contributed by atoms with Gasteiger partial charge in [0.2, 0.25) is 0 Å². The van der Waals surface area contributed by atoms with Crippen LogP contribution < -0.4 is 10.1 Å². The van der Waals surface area contributed by atoms with Gasteiger partial charge in [-0.3, -0.25) is 0 Å². The average Bonchev–Trinajstić information content (AvgIpc) is 2.42. The molecule has 2 nitrogen and oxygen atoms in total. The van der Waals surface area contributed by atoms with E-state index < -0.39 is 0 Å². The molecular formula is C17H20BrNO. The maximum atomic E-state index is 5.50. The van der Waals surface area contributed by atoms with Gasteiger partial charge in [-0.25, -0.2) is 0 Å². The van der Waals surface area contributed by atoms with Crippen molar-refractivity contribution in [2.75, 3.05) is 11.9 Å². The van der Waals surface area contributed by atoms with E-state index in [2.05, 4.69) is 65.4 Å². The SMILES string of the molecule is CCOc1ccc(NCc2ccc(C)c(Br)c2)c(C)c1. The summed E-state index contributed by atoms with van der Waals surface area (Å²) in [7, 11) is 0. The van der Waals surface area contributed by atoms with Crippen LogP contribution >= 0.6 is 15.9 Å². The Morgan fingerprint density at radius 3 is 2.50 bits per heavy atom. The summed E-state index contributed by atoms with van der Waals surface area (Å²) in [4.78, 5) is 0. The lowest BCUT2D eigenvalue weighted by molar-refractivity contribution is 0.340. The van der Waals surface area contributed by atoms with Gasteiger partial charge in [-0.05, 0) is 61.7 Å². The van der Waals surface area contributed by atoms with E-state index in [9.17, 15) is 0 Å². The van der Waals surface area contributed by atoms with E-state index in [4.69, 9.17) is 4.74 Å². The molecule has 0 fully saturated rings. The third-order valence-electron chi connectivity index (χ3n) is 3.23. The summed E-state index contributed by atoms with van der Waals surface area (Å²) in [6, 6.07) is 12.6. The largest absolute Gasteiger partial charge is 0.494 e. The van der Waals surface area contributed by atoms with Gasteiger partial charge in [0.25, 0.3) is 0 Å². The topological polar surface area (TPSA) is 21.3 Å². The van der Waals surface area contributed by atoms with Gasteiger partial charge < -0.3 is 10.1 Å². The van der Waals surface area contributed by atoms with Gasteiger partial charge in [-0.2, -0.15) is 0 Å². The Labute approximate surface area is 129 Å². The molecule has 2 aromatic rings. The minimum absolute atomic E-state index is 0.698. The molecular weight excluding hydrogens is 314 g/mol. The van der Waals surface area contributed by atoms with E-state index >= 15 is 0 Å². The minimum atomic E-state index is 0.698. The monoisotopic (exact) mass is 333 g/mol. The fourth-order valence-corrected chi connectivity index (χ4v) is 2.46. The lowest BCUT2D eigenvalue weighted by atomic mass is 10.1. The van der Waals surface area contributed by atoms with Crippen LogP contribution in [0.2, 0.25) is 0 Å². The molecule has 0 spiro atoms. The van der Waals surface area contributed by atoms with Crippen LogP contribution in [-0.4, -0.2) is 6.61 Å². The second kappa shape index (κ2) is 6.80. The van der Waals surface area contributed by atoms with E-state index in [1.165, 1.54) is 16.7 Å². The van der Waals surface area contributed by atoms with Crippen molar-refractivity contribution in [3.8, 4) is 5.75 Å². The van der Waals surface area contributed by atoms with Crippen LogP contribution in [0.5, 0.6) is 5.75 Å². The van der Waals surface area contributed by atoms with Gasteiger partial charge in [0.05, 0.1) is 6.61 Å². The molecule has 1 N–H and O–H groups in total. The predicted molar refractivity (Wildman–Crippen MR) is 88.6 cm³/mol. The highest BCUT2D eigenvalue weighted by atomic mass is 79.9. The highest BCUT2D eigenvalue weighted by Crippen LogP contribution is 2.23. The summed E-state index contributed by atoms with van der Waals surface area (Å²) >= 11 is 3.57. The van der Waals surface area contributed by atoms with Crippen LogP contribution in [-0.2, 0) is 6.54 Å². The van der Waals surface area contributed by atoms with Gasteiger partial charge in [0, 0.05) is 16.7 Å². The van der Waals surface area contributed by atoms with Gasteiger partial charge in [0.1, 0.15) is 5.75 Å². The van der Waals surface area contributed by atoms with Crippen LogP contribution in [0, 0.1) is 13.8 Å². The molecule has 0 aliphatic rings. The fourth-order valence-electron chi connectivity index (χ4n) is 2.03. The first-order valence-corrected chi connectivity index (χ1v) is 7.62. The highest BCUT2D eigenvalue weighted by molar-refractivity contribution is 9.10. The Morgan fingerprint density at radius 2 is 1.85 bits per heavy atom. The van der Waals surface area contributed by atoms with Crippen molar-refractivity contribution in [2.45, 2.75) is 27.3 Å². The number of nitrogens with one attached hydrogen (secondary N) is 1. The average molecular weight is 334 g/mol. The molecule has 0 heterocycles. The number of anilines is 1. The van der Waals surface area contributed by atoms with Crippen LogP contribution in [0.25, 0.3) is 0 Å². The van der Waals surface area contributed by atoms with Gasteiger partial charge in [-0.15, -0.1) is 0 Å². The number of aryl methyl sites for hydroxylation is 2. The summed E-state index contributed by atoms with van der Waals surface area (Å²) in [5.41, 5.74) is 4.86. The lowest BCUT2D eigenvalue weighted by Gasteiger charge is -2.12. The molecule has 0 saturated heterocycles. The van der Waals surface area contributed by atoms with Gasteiger partial charge >= 0.3 is 0 Å². The molecule has 20 heavy (non-hydrogen) atoms. The van der Waals surface area contributed by atoms with Crippen molar-refractivity contribution in [1.29, 1.82) is 0 Å². The molecule has 0 bridgehead atoms. The third-order valence-corrected chi connectivity index (χ3v) is 4.08. The minimum Gasteiger partial charge on any atom is -0.494 e. The maximum absolute atomic E-state index is 5.50. The maximum Gasteiger partial charge on any atom is 0.119 e. The van der Waals surface area contributed by atoms with Crippen molar-refractivity contribution >= 4 is 21.6 Å². The Bertz CT molecular complexity index is 596. The highest BCUT2D eigenvalue weighted by Gasteiger charge is 2.02. The molecule has 0 aromatic heterocycles. The van der Waals surface area contributed by atoms with Gasteiger partial charge in [0.15, 0.2) is 0 Å². The predicted octanol–water partition coefficient (Wildman–Crippen LogP) is 5.08. The van der Waals surface area contributed by atoms with E-state index in [1.54, 1.807) is 0 Å². The fraction of sp³-hybridized carbons (Fsp3) is 0.294. The third kappa shape index (κ3) is 3.76. The van der Waals surface area contributed by atoms with Gasteiger partial charge in [-0.1, -0.05) is 28.1 Å². The molecule has 0 saturated carbocycles. The molecule has 106 valence electrons. The molecule has 2 rings (SSSR count). The Kier molecular flexibility index (Phi) is 5.07. The number of ether oxygens (including phenoxy) is 1. The quantitative estimate of drug-likeness (QED) is 0.824. The van der Waals surface area contributed by atoms with Crippen LogP contribution in [0.4, 0.5) is 5.69 Å². The van der Waals surface area contributed by atoms with Crippen molar-refractivity contribution in [1.82, 2.24) is 0 Å². The van der Waals surface area contributed by atoms with E-state index in [0.717, 1.165) is 22.5 Å². The summed E-state index contributed by atoms with van der Waals surface area (Å²) in [5, 5.41) is 3.47. The first kappa shape index (κ1) is 14.9. The number of hydrogen-bond donors (Lipinski definition) is 1. The van der Waals surface area contributed by atoms with Crippen LogP contribution in [0.15, 0.2) is 40.9 Å². The Balaban J connectivity index is 2.05.